The Bertz CT molecular complexity index is 414. The molecular formula is C12H15NO3. The summed E-state index contributed by atoms with van der Waals surface area (Å²) in [7, 11) is 0. The second-order valence-electron chi connectivity index (χ2n) is 3.97. The Labute approximate surface area is 94.3 Å². The lowest BCUT2D eigenvalue weighted by atomic mass is 9.88. The number of pyridine rings is 1. The molecule has 0 saturated heterocycles. The number of hydrogen-bond donors (Lipinski definition) is 1. The number of ketones is 1. The summed E-state index contributed by atoms with van der Waals surface area (Å²) < 4.78 is 0. The maximum atomic E-state index is 12.0. The highest BCUT2D eigenvalue weighted by molar-refractivity contribution is 6.00. The Morgan fingerprint density at radius 3 is 2.44 bits per heavy atom. The molecule has 0 aliphatic rings. The van der Waals surface area contributed by atoms with Gasteiger partial charge >= 0.3 is 5.97 Å². The van der Waals surface area contributed by atoms with Crippen LogP contribution in [-0.4, -0.2) is 21.8 Å². The fraction of sp³-hybridized carbons (Fsp3) is 0.417. The highest BCUT2D eigenvalue weighted by Crippen LogP contribution is 2.19. The number of nitrogens with zero attached hydrogens (tertiary/aromatic N) is 1. The molecule has 86 valence electrons. The molecule has 16 heavy (non-hydrogen) atoms. The number of aromatic nitrogens is 1. The molecule has 0 spiro atoms. The minimum Gasteiger partial charge on any atom is -0.481 e. The molecule has 0 aliphatic carbocycles. The van der Waals surface area contributed by atoms with Crippen molar-refractivity contribution in [3.05, 3.63) is 29.6 Å². The van der Waals surface area contributed by atoms with Crippen molar-refractivity contribution < 1.29 is 14.7 Å². The standard InChI is InChI=1S/C12H15NO3/c1-7-4-5-13-6-10(7)11(14)8(2)9(3)12(15)16/h4-6,8-9H,1-3H3,(H,15,16). The Kier molecular flexibility index (Phi) is 3.77. The van der Waals surface area contributed by atoms with Gasteiger partial charge in [-0.25, -0.2) is 0 Å². The summed E-state index contributed by atoms with van der Waals surface area (Å²) in [5.74, 6) is -2.35. The van der Waals surface area contributed by atoms with Crippen molar-refractivity contribution in [1.82, 2.24) is 4.98 Å². The highest BCUT2D eigenvalue weighted by atomic mass is 16.4. The molecule has 0 saturated carbocycles. The van der Waals surface area contributed by atoms with Gasteiger partial charge in [0.1, 0.15) is 0 Å². The van der Waals surface area contributed by atoms with Gasteiger partial charge in [0.15, 0.2) is 5.78 Å². The third kappa shape index (κ3) is 2.45. The molecule has 2 atom stereocenters. The molecule has 0 aromatic carbocycles. The number of carbonyl (C=O) groups is 2. The lowest BCUT2D eigenvalue weighted by Gasteiger charge is -2.15. The van der Waals surface area contributed by atoms with E-state index in [1.54, 1.807) is 19.2 Å². The van der Waals surface area contributed by atoms with Crippen molar-refractivity contribution >= 4 is 11.8 Å². The van der Waals surface area contributed by atoms with Crippen LogP contribution in [0.1, 0.15) is 29.8 Å². The third-order valence-corrected chi connectivity index (χ3v) is 2.86. The van der Waals surface area contributed by atoms with Gasteiger partial charge < -0.3 is 5.11 Å². The van der Waals surface area contributed by atoms with Crippen LogP contribution in [0.5, 0.6) is 0 Å². The predicted molar refractivity (Wildman–Crippen MR) is 59.3 cm³/mol. The number of aliphatic carboxylic acids is 1. The number of carboxylic acids is 1. The van der Waals surface area contributed by atoms with Crippen LogP contribution in [0.2, 0.25) is 0 Å². The van der Waals surface area contributed by atoms with Gasteiger partial charge in [0.05, 0.1) is 5.92 Å². The summed E-state index contributed by atoms with van der Waals surface area (Å²) in [5.41, 5.74) is 1.33. The molecule has 4 nitrogen and oxygen atoms in total. The summed E-state index contributed by atoms with van der Waals surface area (Å²) >= 11 is 0. The average Bonchev–Trinajstić information content (AvgIpc) is 2.26. The van der Waals surface area contributed by atoms with Crippen LogP contribution in [0.3, 0.4) is 0 Å². The van der Waals surface area contributed by atoms with Crippen LogP contribution in [0.4, 0.5) is 0 Å². The minimum absolute atomic E-state index is 0.166. The number of aryl methyl sites for hydroxylation is 1. The molecule has 0 aliphatic heterocycles. The van der Waals surface area contributed by atoms with Crippen molar-refractivity contribution in [1.29, 1.82) is 0 Å². The van der Waals surface area contributed by atoms with Crippen molar-refractivity contribution in [2.75, 3.05) is 0 Å². The van der Waals surface area contributed by atoms with E-state index in [4.69, 9.17) is 5.11 Å². The molecule has 2 unspecified atom stereocenters. The fourth-order valence-electron chi connectivity index (χ4n) is 1.41. The zero-order chi connectivity index (χ0) is 12.3. The molecule has 0 radical (unpaired) electrons. The number of carbonyl (C=O) groups excluding carboxylic acids is 1. The zero-order valence-corrected chi connectivity index (χ0v) is 9.60. The summed E-state index contributed by atoms with van der Waals surface area (Å²) in [6, 6.07) is 1.74. The van der Waals surface area contributed by atoms with E-state index >= 15 is 0 Å². The van der Waals surface area contributed by atoms with Gasteiger partial charge in [0.2, 0.25) is 0 Å². The summed E-state index contributed by atoms with van der Waals surface area (Å²) in [4.78, 5) is 26.7. The van der Waals surface area contributed by atoms with E-state index in [-0.39, 0.29) is 5.78 Å². The second kappa shape index (κ2) is 4.88. The molecule has 0 bridgehead atoms. The van der Waals surface area contributed by atoms with Gasteiger partial charge in [0, 0.05) is 23.9 Å². The van der Waals surface area contributed by atoms with Crippen molar-refractivity contribution in [2.24, 2.45) is 11.8 Å². The van der Waals surface area contributed by atoms with Gasteiger partial charge in [-0.3, -0.25) is 14.6 Å². The van der Waals surface area contributed by atoms with Gasteiger partial charge in [-0.15, -0.1) is 0 Å². The molecule has 4 heteroatoms. The van der Waals surface area contributed by atoms with E-state index in [0.29, 0.717) is 5.56 Å². The Hall–Kier alpha value is -1.71. The van der Waals surface area contributed by atoms with Gasteiger partial charge in [-0.2, -0.15) is 0 Å². The smallest absolute Gasteiger partial charge is 0.306 e. The molecule has 1 rings (SSSR count). The van der Waals surface area contributed by atoms with E-state index in [1.165, 1.54) is 13.1 Å². The van der Waals surface area contributed by atoms with E-state index in [1.807, 2.05) is 6.92 Å². The first-order chi connectivity index (χ1) is 7.45. The second-order valence-corrected chi connectivity index (χ2v) is 3.97. The van der Waals surface area contributed by atoms with Crippen LogP contribution in [0.15, 0.2) is 18.5 Å². The predicted octanol–water partition coefficient (Wildman–Crippen LogP) is 1.93. The average molecular weight is 221 g/mol. The third-order valence-electron chi connectivity index (χ3n) is 2.86. The summed E-state index contributed by atoms with van der Waals surface area (Å²) in [6.45, 7) is 4.98. The van der Waals surface area contributed by atoms with E-state index < -0.39 is 17.8 Å². The van der Waals surface area contributed by atoms with Crippen LogP contribution in [0, 0.1) is 18.8 Å². The Morgan fingerprint density at radius 2 is 1.94 bits per heavy atom. The van der Waals surface area contributed by atoms with E-state index in [2.05, 4.69) is 4.98 Å². The Morgan fingerprint density at radius 1 is 1.31 bits per heavy atom. The molecular weight excluding hydrogens is 206 g/mol. The maximum Gasteiger partial charge on any atom is 0.306 e. The van der Waals surface area contributed by atoms with Crippen LogP contribution in [-0.2, 0) is 4.79 Å². The maximum absolute atomic E-state index is 12.0. The fourth-order valence-corrected chi connectivity index (χ4v) is 1.41. The summed E-state index contributed by atoms with van der Waals surface area (Å²) in [5, 5.41) is 8.85. The number of hydrogen-bond acceptors (Lipinski definition) is 3. The molecule has 0 fully saturated rings. The van der Waals surface area contributed by atoms with E-state index in [9.17, 15) is 9.59 Å². The minimum atomic E-state index is -0.956. The highest BCUT2D eigenvalue weighted by Gasteiger charge is 2.27. The van der Waals surface area contributed by atoms with Crippen molar-refractivity contribution in [2.45, 2.75) is 20.8 Å². The number of carboxylic acid groups (broad SMARTS) is 1. The van der Waals surface area contributed by atoms with Crippen molar-refractivity contribution in [3.63, 3.8) is 0 Å². The van der Waals surface area contributed by atoms with E-state index in [0.717, 1.165) is 5.56 Å². The van der Waals surface area contributed by atoms with Gasteiger partial charge in [-0.1, -0.05) is 13.8 Å². The van der Waals surface area contributed by atoms with Crippen molar-refractivity contribution in [3.8, 4) is 0 Å². The molecule has 1 aromatic heterocycles. The summed E-state index contributed by atoms with van der Waals surface area (Å²) in [6.07, 6.45) is 3.10. The van der Waals surface area contributed by atoms with Crippen LogP contribution >= 0.6 is 0 Å². The monoisotopic (exact) mass is 221 g/mol. The quantitative estimate of drug-likeness (QED) is 0.789. The van der Waals surface area contributed by atoms with Gasteiger partial charge in [0.25, 0.3) is 0 Å². The first kappa shape index (κ1) is 12.4. The lowest BCUT2D eigenvalue weighted by molar-refractivity contribution is -0.142. The first-order valence-corrected chi connectivity index (χ1v) is 5.12. The first-order valence-electron chi connectivity index (χ1n) is 5.12. The Balaban J connectivity index is 2.95. The zero-order valence-electron chi connectivity index (χ0n) is 9.60. The molecule has 1 heterocycles. The number of Topliss-reactive ketones (excluding diaryl/α,β-unsaturated/α-hetero) is 1. The molecule has 1 aromatic rings. The topological polar surface area (TPSA) is 67.3 Å². The molecule has 1 N–H and O–H groups in total. The van der Waals surface area contributed by atoms with Gasteiger partial charge in [-0.05, 0) is 18.6 Å². The lowest BCUT2D eigenvalue weighted by Crippen LogP contribution is -2.25. The largest absolute Gasteiger partial charge is 0.481 e. The normalized spacial score (nSPS) is 14.2. The SMILES string of the molecule is Cc1ccncc1C(=O)C(C)C(C)C(=O)O. The van der Waals surface area contributed by atoms with Crippen LogP contribution in [0.25, 0.3) is 0 Å². The van der Waals surface area contributed by atoms with Crippen LogP contribution < -0.4 is 0 Å². The number of rotatable bonds is 4. The molecule has 0 amide bonds.